The van der Waals surface area contributed by atoms with Gasteiger partial charge in [-0.1, -0.05) is 38.8 Å². The van der Waals surface area contributed by atoms with Crippen LogP contribution in [-0.4, -0.2) is 15.1 Å². The van der Waals surface area contributed by atoms with E-state index in [4.69, 9.17) is 10.7 Å². The molecule has 114 valence electrons. The van der Waals surface area contributed by atoms with E-state index in [0.29, 0.717) is 0 Å². The molecule has 1 aromatic heterocycles. The number of nitrogens with two attached hydrogens (primary N) is 1. The van der Waals surface area contributed by atoms with E-state index in [9.17, 15) is 0 Å². The summed E-state index contributed by atoms with van der Waals surface area (Å²) in [4.78, 5) is 4.80. The second-order valence-electron chi connectivity index (χ2n) is 7.22. The number of imidazole rings is 1. The first-order chi connectivity index (χ1) is 9.98. The lowest BCUT2D eigenvalue weighted by molar-refractivity contribution is 0.180. The van der Waals surface area contributed by atoms with E-state index < -0.39 is 0 Å². The zero-order valence-corrected chi connectivity index (χ0v) is 13.5. The highest BCUT2D eigenvalue weighted by Crippen LogP contribution is 2.36. The third kappa shape index (κ3) is 2.84. The van der Waals surface area contributed by atoms with Crippen molar-refractivity contribution in [2.75, 3.05) is 0 Å². The van der Waals surface area contributed by atoms with Crippen LogP contribution >= 0.6 is 0 Å². The molecule has 0 radical (unpaired) electrons. The lowest BCUT2D eigenvalue weighted by atomic mass is 9.71. The molecule has 1 heterocycles. The Kier molecular flexibility index (Phi) is 3.78. The Morgan fingerprint density at radius 3 is 2.86 bits per heavy atom. The van der Waals surface area contributed by atoms with Crippen molar-refractivity contribution in [3.8, 4) is 0 Å². The van der Waals surface area contributed by atoms with Crippen molar-refractivity contribution in [2.24, 2.45) is 24.6 Å². The first-order valence-electron chi connectivity index (χ1n) is 8.18. The molecule has 1 aliphatic rings. The second kappa shape index (κ2) is 5.45. The maximum Gasteiger partial charge on any atom is 0.111 e. The molecule has 1 aliphatic carbocycles. The highest BCUT2D eigenvalue weighted by molar-refractivity contribution is 5.75. The first-order valence-corrected chi connectivity index (χ1v) is 8.18. The monoisotopic (exact) mass is 285 g/mol. The molecular weight excluding hydrogens is 258 g/mol. The van der Waals surface area contributed by atoms with E-state index >= 15 is 0 Å². The summed E-state index contributed by atoms with van der Waals surface area (Å²) in [7, 11) is 2.11. The molecule has 3 nitrogen and oxygen atoms in total. The Balaban J connectivity index is 1.85. The third-order valence-electron chi connectivity index (χ3n) is 5.25. The fourth-order valence-corrected chi connectivity index (χ4v) is 3.84. The molecular formula is C18H27N3. The number of rotatable bonds is 3. The van der Waals surface area contributed by atoms with Crippen LogP contribution in [0.3, 0.4) is 0 Å². The summed E-state index contributed by atoms with van der Waals surface area (Å²) in [6.07, 6.45) is 5.73. The van der Waals surface area contributed by atoms with Crippen LogP contribution in [0.15, 0.2) is 24.3 Å². The van der Waals surface area contributed by atoms with Crippen LogP contribution in [0.25, 0.3) is 11.0 Å². The van der Waals surface area contributed by atoms with E-state index in [1.807, 2.05) is 6.07 Å². The Bertz CT molecular complexity index is 628. The molecule has 21 heavy (non-hydrogen) atoms. The average Bonchev–Trinajstić information content (AvgIpc) is 2.75. The van der Waals surface area contributed by atoms with E-state index in [1.165, 1.54) is 18.4 Å². The Morgan fingerprint density at radius 1 is 1.38 bits per heavy atom. The van der Waals surface area contributed by atoms with E-state index in [0.717, 1.165) is 42.4 Å². The molecule has 1 saturated carbocycles. The van der Waals surface area contributed by atoms with Crippen LogP contribution in [0.2, 0.25) is 0 Å². The van der Waals surface area contributed by atoms with E-state index in [1.54, 1.807) is 0 Å². The minimum atomic E-state index is -0.0810. The molecule has 3 rings (SSSR count). The number of aromatic nitrogens is 2. The normalized spacial score (nSPS) is 26.6. The average molecular weight is 285 g/mol. The lowest BCUT2D eigenvalue weighted by Crippen LogP contribution is -2.47. The Labute approximate surface area is 127 Å². The standard InChI is InChI=1S/C18H27N3/c1-13(2)14-7-6-10-18(19,11-14)12-17-20-15-8-4-5-9-16(15)21(17)3/h4-5,8-9,13-14H,6-7,10-12,19H2,1-3H3. The highest BCUT2D eigenvalue weighted by Gasteiger charge is 2.35. The van der Waals surface area contributed by atoms with Gasteiger partial charge in [-0.2, -0.15) is 0 Å². The molecule has 2 aromatic rings. The van der Waals surface area contributed by atoms with Gasteiger partial charge in [-0.25, -0.2) is 4.98 Å². The molecule has 1 aromatic carbocycles. The van der Waals surface area contributed by atoms with Crippen molar-refractivity contribution in [2.45, 2.75) is 51.5 Å². The number of aryl methyl sites for hydroxylation is 1. The number of fused-ring (bicyclic) bond motifs is 1. The van der Waals surface area contributed by atoms with Gasteiger partial charge in [-0.3, -0.25) is 0 Å². The molecule has 0 amide bonds. The number of nitrogens with zero attached hydrogens (tertiary/aromatic N) is 2. The predicted octanol–water partition coefficient (Wildman–Crippen LogP) is 3.66. The van der Waals surface area contributed by atoms with Crippen molar-refractivity contribution in [1.29, 1.82) is 0 Å². The van der Waals surface area contributed by atoms with Gasteiger partial charge >= 0.3 is 0 Å². The molecule has 0 saturated heterocycles. The van der Waals surface area contributed by atoms with Crippen molar-refractivity contribution >= 4 is 11.0 Å². The summed E-state index contributed by atoms with van der Waals surface area (Å²) in [6.45, 7) is 4.65. The van der Waals surface area contributed by atoms with Crippen LogP contribution in [0.1, 0.15) is 45.4 Å². The van der Waals surface area contributed by atoms with Crippen molar-refractivity contribution in [3.63, 3.8) is 0 Å². The number of benzene rings is 1. The van der Waals surface area contributed by atoms with Gasteiger partial charge in [0.15, 0.2) is 0 Å². The van der Waals surface area contributed by atoms with Gasteiger partial charge in [0.05, 0.1) is 11.0 Å². The fraction of sp³-hybridized carbons (Fsp3) is 0.611. The summed E-state index contributed by atoms with van der Waals surface area (Å²) in [5.41, 5.74) is 8.96. The van der Waals surface area contributed by atoms with Gasteiger partial charge in [-0.05, 0) is 36.8 Å². The van der Waals surface area contributed by atoms with Gasteiger partial charge in [0, 0.05) is 19.0 Å². The lowest BCUT2D eigenvalue weighted by Gasteiger charge is -2.39. The first kappa shape index (κ1) is 14.6. The van der Waals surface area contributed by atoms with Gasteiger partial charge in [-0.15, -0.1) is 0 Å². The molecule has 2 N–H and O–H groups in total. The smallest absolute Gasteiger partial charge is 0.111 e. The van der Waals surface area contributed by atoms with Gasteiger partial charge < -0.3 is 10.3 Å². The van der Waals surface area contributed by atoms with Gasteiger partial charge in [0.2, 0.25) is 0 Å². The van der Waals surface area contributed by atoms with Crippen LogP contribution in [0, 0.1) is 11.8 Å². The summed E-state index contributed by atoms with van der Waals surface area (Å²) < 4.78 is 2.21. The minimum absolute atomic E-state index is 0.0810. The molecule has 2 atom stereocenters. The van der Waals surface area contributed by atoms with E-state index in [-0.39, 0.29) is 5.54 Å². The third-order valence-corrected chi connectivity index (χ3v) is 5.25. The number of hydrogen-bond donors (Lipinski definition) is 1. The molecule has 0 spiro atoms. The molecule has 2 unspecified atom stereocenters. The maximum atomic E-state index is 6.76. The highest BCUT2D eigenvalue weighted by atomic mass is 15.1. The second-order valence-corrected chi connectivity index (χ2v) is 7.22. The number of hydrogen-bond acceptors (Lipinski definition) is 2. The van der Waals surface area contributed by atoms with Gasteiger partial charge in [0.25, 0.3) is 0 Å². The molecule has 0 aliphatic heterocycles. The summed E-state index contributed by atoms with van der Waals surface area (Å²) in [5.74, 6) is 2.62. The Morgan fingerprint density at radius 2 is 2.14 bits per heavy atom. The fourth-order valence-electron chi connectivity index (χ4n) is 3.84. The molecule has 1 fully saturated rings. The maximum absolute atomic E-state index is 6.76. The molecule has 3 heteroatoms. The summed E-state index contributed by atoms with van der Waals surface area (Å²) in [6, 6.07) is 8.33. The predicted molar refractivity (Wildman–Crippen MR) is 88.1 cm³/mol. The van der Waals surface area contributed by atoms with Crippen molar-refractivity contribution in [1.82, 2.24) is 9.55 Å². The van der Waals surface area contributed by atoms with Crippen molar-refractivity contribution < 1.29 is 0 Å². The summed E-state index contributed by atoms with van der Waals surface area (Å²) in [5, 5.41) is 0. The largest absolute Gasteiger partial charge is 0.331 e. The quantitative estimate of drug-likeness (QED) is 0.935. The van der Waals surface area contributed by atoms with Crippen LogP contribution in [-0.2, 0) is 13.5 Å². The zero-order valence-electron chi connectivity index (χ0n) is 13.5. The summed E-state index contributed by atoms with van der Waals surface area (Å²) >= 11 is 0. The van der Waals surface area contributed by atoms with Gasteiger partial charge in [0.1, 0.15) is 5.82 Å². The number of para-hydroxylation sites is 2. The minimum Gasteiger partial charge on any atom is -0.331 e. The topological polar surface area (TPSA) is 43.8 Å². The molecule has 0 bridgehead atoms. The zero-order chi connectivity index (χ0) is 15.0. The SMILES string of the molecule is CC(C)C1CCCC(N)(Cc2nc3ccccc3n2C)C1. The van der Waals surface area contributed by atoms with Crippen LogP contribution in [0.4, 0.5) is 0 Å². The van der Waals surface area contributed by atoms with Crippen molar-refractivity contribution in [3.05, 3.63) is 30.1 Å². The van der Waals surface area contributed by atoms with Crippen LogP contribution in [0.5, 0.6) is 0 Å². The van der Waals surface area contributed by atoms with E-state index in [2.05, 4.69) is 43.7 Å². The van der Waals surface area contributed by atoms with Crippen LogP contribution < -0.4 is 5.73 Å². The Hall–Kier alpha value is -1.35.